The van der Waals surface area contributed by atoms with Gasteiger partial charge in [-0.15, -0.1) is 0 Å². The van der Waals surface area contributed by atoms with Gasteiger partial charge in [0.2, 0.25) is 0 Å². The summed E-state index contributed by atoms with van der Waals surface area (Å²) in [6, 6.07) is 0. The molecule has 0 aliphatic carbocycles. The molecule has 0 spiro atoms. The minimum Gasteiger partial charge on any atom is -0.390 e. The standard InChI is InChI=1S/C13H26N2O/c1-13(16,11-3-7-14-8-4-11)12-5-9-15(2)10-6-12/h11-12,14,16H,3-10H2,1-2H3. The van der Waals surface area contributed by atoms with Gasteiger partial charge in [0.15, 0.2) is 0 Å². The largest absolute Gasteiger partial charge is 0.390 e. The molecule has 2 N–H and O–H groups in total. The minimum absolute atomic E-state index is 0.441. The first kappa shape index (κ1) is 12.3. The van der Waals surface area contributed by atoms with Crippen molar-refractivity contribution < 1.29 is 5.11 Å². The van der Waals surface area contributed by atoms with Crippen molar-refractivity contribution in [1.82, 2.24) is 10.2 Å². The molecule has 0 aromatic rings. The highest BCUT2D eigenvalue weighted by Gasteiger charge is 2.40. The molecular formula is C13H26N2O. The second-order valence-corrected chi connectivity index (χ2v) is 5.83. The maximum absolute atomic E-state index is 10.8. The molecule has 94 valence electrons. The molecule has 2 saturated heterocycles. The molecule has 0 amide bonds. The van der Waals surface area contributed by atoms with Gasteiger partial charge in [0.1, 0.15) is 0 Å². The minimum atomic E-state index is -0.441. The van der Waals surface area contributed by atoms with Crippen LogP contribution in [0.15, 0.2) is 0 Å². The number of likely N-dealkylation sites (tertiary alicyclic amines) is 1. The summed E-state index contributed by atoms with van der Waals surface area (Å²) in [4.78, 5) is 2.37. The second-order valence-electron chi connectivity index (χ2n) is 5.83. The van der Waals surface area contributed by atoms with Crippen LogP contribution >= 0.6 is 0 Å². The molecule has 2 heterocycles. The molecule has 1 atom stereocenters. The fraction of sp³-hybridized carbons (Fsp3) is 1.00. The van der Waals surface area contributed by atoms with E-state index in [1.165, 1.54) is 0 Å². The van der Waals surface area contributed by atoms with Gasteiger partial charge in [0, 0.05) is 0 Å². The fourth-order valence-corrected chi connectivity index (χ4v) is 3.33. The molecule has 0 aromatic carbocycles. The lowest BCUT2D eigenvalue weighted by molar-refractivity contribution is -0.0797. The van der Waals surface area contributed by atoms with Crippen molar-refractivity contribution >= 4 is 0 Å². The van der Waals surface area contributed by atoms with Crippen LogP contribution in [-0.2, 0) is 0 Å². The van der Waals surface area contributed by atoms with E-state index in [0.717, 1.165) is 51.9 Å². The van der Waals surface area contributed by atoms with Crippen molar-refractivity contribution in [3.8, 4) is 0 Å². The summed E-state index contributed by atoms with van der Waals surface area (Å²) >= 11 is 0. The number of hydrogen-bond acceptors (Lipinski definition) is 3. The van der Waals surface area contributed by atoms with Crippen molar-refractivity contribution in [2.45, 2.75) is 38.2 Å². The maximum atomic E-state index is 10.8. The van der Waals surface area contributed by atoms with Crippen LogP contribution in [0.25, 0.3) is 0 Å². The molecule has 0 saturated carbocycles. The average Bonchev–Trinajstić information content (AvgIpc) is 2.31. The summed E-state index contributed by atoms with van der Waals surface area (Å²) < 4.78 is 0. The van der Waals surface area contributed by atoms with E-state index in [1.54, 1.807) is 0 Å². The summed E-state index contributed by atoms with van der Waals surface area (Å²) in [7, 11) is 2.18. The van der Waals surface area contributed by atoms with E-state index in [0.29, 0.717) is 11.8 Å². The van der Waals surface area contributed by atoms with Crippen LogP contribution in [0.1, 0.15) is 32.6 Å². The van der Waals surface area contributed by atoms with Gasteiger partial charge in [-0.05, 0) is 77.7 Å². The SMILES string of the molecule is CN1CCC(C(C)(O)C2CCNCC2)CC1. The molecule has 2 rings (SSSR count). The van der Waals surface area contributed by atoms with Gasteiger partial charge in [-0.25, -0.2) is 0 Å². The van der Waals surface area contributed by atoms with Gasteiger partial charge >= 0.3 is 0 Å². The number of nitrogens with zero attached hydrogens (tertiary/aromatic N) is 1. The summed E-state index contributed by atoms with van der Waals surface area (Å²) in [6.07, 6.45) is 4.60. The molecule has 3 nitrogen and oxygen atoms in total. The third-order valence-corrected chi connectivity index (χ3v) is 4.71. The van der Waals surface area contributed by atoms with Crippen molar-refractivity contribution in [3.05, 3.63) is 0 Å². The third-order valence-electron chi connectivity index (χ3n) is 4.71. The van der Waals surface area contributed by atoms with E-state index < -0.39 is 5.60 Å². The van der Waals surface area contributed by atoms with Gasteiger partial charge in [-0.3, -0.25) is 0 Å². The van der Waals surface area contributed by atoms with Gasteiger partial charge < -0.3 is 15.3 Å². The Hall–Kier alpha value is -0.120. The Labute approximate surface area is 99.2 Å². The Bertz CT molecular complexity index is 216. The predicted molar refractivity (Wildman–Crippen MR) is 66.4 cm³/mol. The van der Waals surface area contributed by atoms with Gasteiger partial charge in [0.25, 0.3) is 0 Å². The Morgan fingerprint density at radius 3 is 2.12 bits per heavy atom. The molecule has 2 aliphatic rings. The topological polar surface area (TPSA) is 35.5 Å². The normalized spacial score (nSPS) is 30.2. The highest BCUT2D eigenvalue weighted by molar-refractivity contribution is 4.92. The van der Waals surface area contributed by atoms with E-state index in [-0.39, 0.29) is 0 Å². The molecule has 0 bridgehead atoms. The van der Waals surface area contributed by atoms with Crippen LogP contribution in [0, 0.1) is 11.8 Å². The third kappa shape index (κ3) is 2.58. The van der Waals surface area contributed by atoms with Crippen LogP contribution in [0.5, 0.6) is 0 Å². The fourth-order valence-electron chi connectivity index (χ4n) is 3.33. The number of rotatable bonds is 2. The Morgan fingerprint density at radius 2 is 1.56 bits per heavy atom. The van der Waals surface area contributed by atoms with Crippen LogP contribution in [-0.4, -0.2) is 48.8 Å². The predicted octanol–water partition coefficient (Wildman–Crippen LogP) is 1.08. The zero-order chi connectivity index (χ0) is 11.6. The van der Waals surface area contributed by atoms with Crippen LogP contribution < -0.4 is 5.32 Å². The van der Waals surface area contributed by atoms with Crippen LogP contribution in [0.3, 0.4) is 0 Å². The summed E-state index contributed by atoms with van der Waals surface area (Å²) in [5.41, 5.74) is -0.441. The highest BCUT2D eigenvalue weighted by atomic mass is 16.3. The lowest BCUT2D eigenvalue weighted by atomic mass is 9.71. The quantitative estimate of drug-likeness (QED) is 0.739. The van der Waals surface area contributed by atoms with E-state index in [1.807, 2.05) is 0 Å². The van der Waals surface area contributed by atoms with Crippen molar-refractivity contribution in [3.63, 3.8) is 0 Å². The number of nitrogens with one attached hydrogen (secondary N) is 1. The second kappa shape index (κ2) is 5.03. The lowest BCUT2D eigenvalue weighted by Gasteiger charge is -2.44. The van der Waals surface area contributed by atoms with E-state index in [2.05, 4.69) is 24.2 Å². The molecule has 2 aliphatic heterocycles. The number of piperidine rings is 2. The molecule has 0 radical (unpaired) electrons. The Balaban J connectivity index is 1.94. The number of hydrogen-bond donors (Lipinski definition) is 2. The van der Waals surface area contributed by atoms with Gasteiger partial charge in [0.05, 0.1) is 5.60 Å². The zero-order valence-electron chi connectivity index (χ0n) is 10.7. The first-order chi connectivity index (χ1) is 7.60. The summed E-state index contributed by atoms with van der Waals surface area (Å²) in [6.45, 7) is 6.53. The van der Waals surface area contributed by atoms with Crippen LogP contribution in [0.4, 0.5) is 0 Å². The molecule has 0 aromatic heterocycles. The van der Waals surface area contributed by atoms with E-state index in [9.17, 15) is 5.11 Å². The monoisotopic (exact) mass is 226 g/mol. The summed E-state index contributed by atoms with van der Waals surface area (Å²) in [5, 5.41) is 14.2. The smallest absolute Gasteiger partial charge is 0.0677 e. The van der Waals surface area contributed by atoms with Crippen molar-refractivity contribution in [2.24, 2.45) is 11.8 Å². The Morgan fingerprint density at radius 1 is 1.06 bits per heavy atom. The van der Waals surface area contributed by atoms with Gasteiger partial charge in [-0.1, -0.05) is 0 Å². The molecular weight excluding hydrogens is 200 g/mol. The maximum Gasteiger partial charge on any atom is 0.0677 e. The van der Waals surface area contributed by atoms with E-state index >= 15 is 0 Å². The molecule has 2 fully saturated rings. The molecule has 1 unspecified atom stereocenters. The van der Waals surface area contributed by atoms with Crippen LogP contribution in [0.2, 0.25) is 0 Å². The first-order valence-corrected chi connectivity index (χ1v) is 6.72. The number of aliphatic hydroxyl groups is 1. The van der Waals surface area contributed by atoms with Crippen molar-refractivity contribution in [2.75, 3.05) is 33.2 Å². The van der Waals surface area contributed by atoms with Crippen molar-refractivity contribution in [1.29, 1.82) is 0 Å². The average molecular weight is 226 g/mol. The summed E-state index contributed by atoms with van der Waals surface area (Å²) in [5.74, 6) is 1.01. The van der Waals surface area contributed by atoms with Gasteiger partial charge in [-0.2, -0.15) is 0 Å². The molecule has 3 heteroatoms. The lowest BCUT2D eigenvalue weighted by Crippen LogP contribution is -2.49. The molecule has 16 heavy (non-hydrogen) atoms. The highest BCUT2D eigenvalue weighted by Crippen LogP contribution is 2.37. The van der Waals surface area contributed by atoms with E-state index in [4.69, 9.17) is 0 Å². The first-order valence-electron chi connectivity index (χ1n) is 6.72. The zero-order valence-corrected chi connectivity index (χ0v) is 10.7. The Kier molecular flexibility index (Phi) is 3.88.